The molecule has 1 N–H and O–H groups in total. The second kappa shape index (κ2) is 9.08. The van der Waals surface area contributed by atoms with Crippen LogP contribution in [0.4, 0.5) is 0 Å². The van der Waals surface area contributed by atoms with Gasteiger partial charge in [-0.3, -0.25) is 0 Å². The Bertz CT molecular complexity index is 1130. The van der Waals surface area contributed by atoms with Crippen LogP contribution >= 0.6 is 23.8 Å². The Morgan fingerprint density at radius 2 is 2.00 bits per heavy atom. The lowest BCUT2D eigenvalue weighted by Crippen LogP contribution is -2.46. The van der Waals surface area contributed by atoms with Crippen molar-refractivity contribution in [1.82, 2.24) is 20.4 Å². The topological polar surface area (TPSA) is 63.4 Å². The maximum Gasteiger partial charge on any atom is 0.258 e. The second-order valence-corrected chi connectivity index (χ2v) is 8.06. The van der Waals surface area contributed by atoms with Crippen molar-refractivity contribution < 1.29 is 9.26 Å². The van der Waals surface area contributed by atoms with E-state index in [2.05, 4.69) is 22.3 Å². The molecular weight excluding hydrogens is 432 g/mol. The number of hydrogen-bond acceptors (Lipinski definition) is 5. The van der Waals surface area contributed by atoms with Gasteiger partial charge >= 0.3 is 0 Å². The summed E-state index contributed by atoms with van der Waals surface area (Å²) in [5.41, 5.74) is 3.71. The van der Waals surface area contributed by atoms with Gasteiger partial charge in [-0.05, 0) is 67.5 Å². The largest absolute Gasteiger partial charge is 0.497 e. The monoisotopic (exact) mass is 454 g/mol. The molecule has 0 aliphatic carbocycles. The van der Waals surface area contributed by atoms with Crippen molar-refractivity contribution in [2.75, 3.05) is 13.7 Å². The Balaban J connectivity index is 1.81. The Morgan fingerprint density at radius 1 is 1.23 bits per heavy atom. The number of halogens is 1. The third-order valence-corrected chi connectivity index (χ3v) is 5.82. The Hall–Kier alpha value is -2.90. The van der Waals surface area contributed by atoms with Crippen molar-refractivity contribution in [2.45, 2.75) is 26.3 Å². The van der Waals surface area contributed by atoms with E-state index in [0.717, 1.165) is 41.1 Å². The van der Waals surface area contributed by atoms with Crippen molar-refractivity contribution in [1.29, 1.82) is 0 Å². The Labute approximate surface area is 191 Å². The zero-order chi connectivity index (χ0) is 22.0. The van der Waals surface area contributed by atoms with E-state index in [1.54, 1.807) is 19.2 Å². The minimum absolute atomic E-state index is 0.241. The summed E-state index contributed by atoms with van der Waals surface area (Å²) in [6.07, 6.45) is 0.954. The Morgan fingerprint density at radius 3 is 2.71 bits per heavy atom. The molecule has 0 spiro atoms. The highest BCUT2D eigenvalue weighted by molar-refractivity contribution is 7.80. The molecule has 0 radical (unpaired) electrons. The van der Waals surface area contributed by atoms with Gasteiger partial charge in [-0.25, -0.2) is 0 Å². The molecular formula is C23H23ClN4O2S. The van der Waals surface area contributed by atoms with E-state index < -0.39 is 0 Å². The van der Waals surface area contributed by atoms with Crippen molar-refractivity contribution in [2.24, 2.45) is 0 Å². The molecule has 1 atom stereocenters. The number of thiocarbonyl (C=S) groups is 1. The molecule has 1 aliphatic heterocycles. The third-order valence-electron chi connectivity index (χ3n) is 5.23. The zero-order valence-electron chi connectivity index (χ0n) is 17.6. The van der Waals surface area contributed by atoms with Crippen molar-refractivity contribution in [3.05, 3.63) is 70.7 Å². The van der Waals surface area contributed by atoms with Gasteiger partial charge in [-0.2, -0.15) is 4.98 Å². The lowest BCUT2D eigenvalue weighted by Gasteiger charge is -2.37. The molecule has 4 rings (SSSR count). The summed E-state index contributed by atoms with van der Waals surface area (Å²) in [4.78, 5) is 6.78. The first-order valence-electron chi connectivity index (χ1n) is 10.0. The highest BCUT2D eigenvalue weighted by Crippen LogP contribution is 2.38. The second-order valence-electron chi connectivity index (χ2n) is 7.24. The smallest absolute Gasteiger partial charge is 0.258 e. The van der Waals surface area contributed by atoms with Crippen LogP contribution in [0.3, 0.4) is 0 Å². The number of rotatable bonds is 6. The van der Waals surface area contributed by atoms with E-state index in [0.29, 0.717) is 21.9 Å². The first-order chi connectivity index (χ1) is 15.0. The highest BCUT2D eigenvalue weighted by atomic mass is 35.5. The molecule has 31 heavy (non-hydrogen) atoms. The van der Waals surface area contributed by atoms with Crippen molar-refractivity contribution in [3.8, 4) is 17.1 Å². The van der Waals surface area contributed by atoms with Crippen LogP contribution in [-0.4, -0.2) is 33.8 Å². The first kappa shape index (κ1) is 21.3. The molecule has 3 aromatic rings. The van der Waals surface area contributed by atoms with Gasteiger partial charge in [-0.15, -0.1) is 0 Å². The average Bonchev–Trinajstić information content (AvgIpc) is 3.26. The van der Waals surface area contributed by atoms with Crippen molar-refractivity contribution >= 4 is 34.5 Å². The van der Waals surface area contributed by atoms with Crippen LogP contribution in [0.5, 0.6) is 5.75 Å². The van der Waals surface area contributed by atoms with Gasteiger partial charge in [0, 0.05) is 22.8 Å². The first-order valence-corrected chi connectivity index (χ1v) is 10.8. The fourth-order valence-corrected chi connectivity index (χ4v) is 4.14. The lowest BCUT2D eigenvalue weighted by molar-refractivity contribution is 0.396. The summed E-state index contributed by atoms with van der Waals surface area (Å²) in [6.45, 7) is 4.96. The summed E-state index contributed by atoms with van der Waals surface area (Å²) in [5, 5.41) is 8.99. The Kier molecular flexibility index (Phi) is 6.25. The van der Waals surface area contributed by atoms with Crippen LogP contribution < -0.4 is 10.1 Å². The quantitative estimate of drug-likeness (QED) is 0.495. The van der Waals surface area contributed by atoms with E-state index in [1.807, 2.05) is 43.3 Å². The van der Waals surface area contributed by atoms with Gasteiger partial charge < -0.3 is 19.5 Å². The predicted molar refractivity (Wildman–Crippen MR) is 126 cm³/mol. The number of aromatic nitrogens is 2. The molecule has 1 aromatic heterocycles. The van der Waals surface area contributed by atoms with Gasteiger partial charge in [0.25, 0.3) is 5.89 Å². The fraction of sp³-hybridized carbons (Fsp3) is 0.261. The molecule has 0 saturated carbocycles. The average molecular weight is 455 g/mol. The van der Waals surface area contributed by atoms with Crippen molar-refractivity contribution in [3.63, 3.8) is 0 Å². The maximum absolute atomic E-state index is 6.01. The standard InChI is InChI=1S/C23H23ClN4O2S/c1-4-12-28-14(2)19(20(25-23(28)31)16-6-5-7-18(13-16)29-3)22-26-21(27-30-22)15-8-10-17(24)11-9-15/h5-11,13,20H,4,12H2,1-3H3,(H,25,31). The van der Waals surface area contributed by atoms with Crippen LogP contribution in [-0.2, 0) is 0 Å². The molecule has 6 nitrogen and oxygen atoms in total. The third kappa shape index (κ3) is 4.29. The summed E-state index contributed by atoms with van der Waals surface area (Å²) >= 11 is 11.7. The number of hydrogen-bond donors (Lipinski definition) is 1. The summed E-state index contributed by atoms with van der Waals surface area (Å²) in [5.74, 6) is 1.73. The molecule has 0 amide bonds. The zero-order valence-corrected chi connectivity index (χ0v) is 19.1. The minimum Gasteiger partial charge on any atom is -0.497 e. The summed E-state index contributed by atoms with van der Waals surface area (Å²) < 4.78 is 11.2. The van der Waals surface area contributed by atoms with E-state index in [-0.39, 0.29) is 6.04 Å². The van der Waals surface area contributed by atoms with Crippen LogP contribution in [0.2, 0.25) is 5.02 Å². The molecule has 1 unspecified atom stereocenters. The van der Waals surface area contributed by atoms with E-state index in [9.17, 15) is 0 Å². The van der Waals surface area contributed by atoms with Crippen LogP contribution in [0.25, 0.3) is 17.0 Å². The summed E-state index contributed by atoms with van der Waals surface area (Å²) in [7, 11) is 1.65. The normalized spacial score (nSPS) is 16.5. The number of ether oxygens (including phenoxy) is 1. The minimum atomic E-state index is -0.241. The molecule has 0 bridgehead atoms. The number of nitrogens with zero attached hydrogens (tertiary/aromatic N) is 3. The number of allylic oxidation sites excluding steroid dienone is 1. The van der Waals surface area contributed by atoms with Gasteiger partial charge in [0.15, 0.2) is 5.11 Å². The van der Waals surface area contributed by atoms with Gasteiger partial charge in [0.2, 0.25) is 5.82 Å². The number of nitrogens with one attached hydrogen (secondary N) is 1. The van der Waals surface area contributed by atoms with Gasteiger partial charge in [0.05, 0.1) is 18.7 Å². The lowest BCUT2D eigenvalue weighted by atomic mass is 9.94. The van der Waals surface area contributed by atoms with Crippen LogP contribution in [0.1, 0.15) is 37.8 Å². The molecule has 2 aromatic carbocycles. The number of methoxy groups -OCH3 is 1. The maximum atomic E-state index is 6.01. The van der Waals surface area contributed by atoms with E-state index in [1.165, 1.54) is 0 Å². The molecule has 160 valence electrons. The van der Waals surface area contributed by atoms with Crippen LogP contribution in [0.15, 0.2) is 58.8 Å². The predicted octanol–water partition coefficient (Wildman–Crippen LogP) is 5.47. The molecule has 0 fully saturated rings. The number of benzene rings is 2. The fourth-order valence-electron chi connectivity index (χ4n) is 3.67. The SMILES string of the molecule is CCCN1C(=S)NC(c2cccc(OC)c2)C(c2nc(-c3ccc(Cl)cc3)no2)=C1C. The van der Waals surface area contributed by atoms with Crippen LogP contribution in [0, 0.1) is 0 Å². The van der Waals surface area contributed by atoms with E-state index >= 15 is 0 Å². The van der Waals surface area contributed by atoms with E-state index in [4.69, 9.17) is 38.1 Å². The van der Waals surface area contributed by atoms with Gasteiger partial charge in [-0.1, -0.05) is 35.8 Å². The molecule has 2 heterocycles. The highest BCUT2D eigenvalue weighted by Gasteiger charge is 2.34. The molecule has 8 heteroatoms. The van der Waals surface area contributed by atoms with Gasteiger partial charge in [0.1, 0.15) is 5.75 Å². The summed E-state index contributed by atoms with van der Waals surface area (Å²) in [6, 6.07) is 15.0. The molecule has 1 aliphatic rings. The molecule has 0 saturated heterocycles.